The fourth-order valence-electron chi connectivity index (χ4n) is 1.99. The van der Waals surface area contributed by atoms with Gasteiger partial charge in [-0.1, -0.05) is 35.9 Å². The molecule has 0 saturated carbocycles. The molecule has 0 bridgehead atoms. The summed E-state index contributed by atoms with van der Waals surface area (Å²) < 4.78 is 5.86. The second-order valence-electron chi connectivity index (χ2n) is 4.27. The van der Waals surface area contributed by atoms with Crippen molar-refractivity contribution in [3.05, 3.63) is 58.6 Å². The molecule has 0 fully saturated rings. The molecule has 4 heteroatoms. The zero-order chi connectivity index (χ0) is 13.1. The van der Waals surface area contributed by atoms with Crippen molar-refractivity contribution in [3.8, 4) is 5.75 Å². The number of nitrogens with one attached hydrogen (secondary N) is 1. The van der Waals surface area contributed by atoms with E-state index in [-0.39, 0.29) is 0 Å². The summed E-state index contributed by atoms with van der Waals surface area (Å²) in [5.74, 6) is 0.788. The fraction of sp³-hybridized carbons (Fsp3) is 0.133. The Morgan fingerprint density at radius 3 is 3.00 bits per heavy atom. The van der Waals surface area contributed by atoms with Crippen LogP contribution in [0.15, 0.2) is 47.5 Å². The molecule has 0 spiro atoms. The highest BCUT2D eigenvalue weighted by Crippen LogP contribution is 2.29. The summed E-state index contributed by atoms with van der Waals surface area (Å²) in [6, 6.07) is 13.6. The smallest absolute Gasteiger partial charge is 0.143 e. The Bertz CT molecular complexity index is 625. The van der Waals surface area contributed by atoms with Gasteiger partial charge in [-0.05, 0) is 29.3 Å². The van der Waals surface area contributed by atoms with Crippen LogP contribution in [0.2, 0.25) is 5.02 Å². The van der Waals surface area contributed by atoms with E-state index in [0.717, 1.165) is 22.6 Å². The average Bonchev–Trinajstić information content (AvgIpc) is 2.44. The molecule has 3 rings (SSSR count). The van der Waals surface area contributed by atoms with Gasteiger partial charge in [0, 0.05) is 11.2 Å². The van der Waals surface area contributed by atoms with Crippen molar-refractivity contribution in [3.63, 3.8) is 0 Å². The third-order valence-electron chi connectivity index (χ3n) is 2.97. The standard InChI is InChI=1S/C15H13ClN2O/c16-13-5-6-15-14(7-13)18-10-17-8-11-3-1-2-4-12(11)9-19-15/h1-8,18H,9-10H2/b17-8-. The maximum absolute atomic E-state index is 5.99. The van der Waals surface area contributed by atoms with Crippen molar-refractivity contribution in [2.45, 2.75) is 6.61 Å². The molecule has 96 valence electrons. The highest BCUT2D eigenvalue weighted by Gasteiger charge is 2.07. The maximum atomic E-state index is 5.99. The van der Waals surface area contributed by atoms with Crippen LogP contribution in [0.4, 0.5) is 5.69 Å². The first kappa shape index (κ1) is 12.1. The van der Waals surface area contributed by atoms with Crippen molar-refractivity contribution >= 4 is 23.5 Å². The van der Waals surface area contributed by atoms with Crippen LogP contribution < -0.4 is 10.1 Å². The molecule has 19 heavy (non-hydrogen) atoms. The molecule has 0 unspecified atom stereocenters. The third kappa shape index (κ3) is 2.71. The van der Waals surface area contributed by atoms with E-state index in [1.165, 1.54) is 0 Å². The van der Waals surface area contributed by atoms with Crippen LogP contribution in [0.3, 0.4) is 0 Å². The van der Waals surface area contributed by atoms with Gasteiger partial charge in [0.05, 0.1) is 5.69 Å². The number of anilines is 1. The number of rotatable bonds is 0. The Morgan fingerprint density at radius 2 is 2.05 bits per heavy atom. The van der Waals surface area contributed by atoms with Crippen LogP contribution in [0, 0.1) is 0 Å². The first-order valence-corrected chi connectivity index (χ1v) is 6.45. The van der Waals surface area contributed by atoms with Crippen molar-refractivity contribution < 1.29 is 4.74 Å². The lowest BCUT2D eigenvalue weighted by atomic mass is 10.1. The van der Waals surface area contributed by atoms with Gasteiger partial charge in [-0.2, -0.15) is 0 Å². The summed E-state index contributed by atoms with van der Waals surface area (Å²) in [7, 11) is 0. The maximum Gasteiger partial charge on any atom is 0.143 e. The molecular formula is C15H13ClN2O. The molecule has 0 saturated heterocycles. The lowest BCUT2D eigenvalue weighted by Gasteiger charge is -2.15. The van der Waals surface area contributed by atoms with Gasteiger partial charge in [0.2, 0.25) is 0 Å². The molecule has 1 heterocycles. The summed E-state index contributed by atoms with van der Waals surface area (Å²) in [6.45, 7) is 1.00. The molecule has 2 aromatic carbocycles. The Kier molecular flexibility index (Phi) is 3.38. The first-order valence-electron chi connectivity index (χ1n) is 6.07. The molecule has 0 radical (unpaired) electrons. The number of ether oxygens (including phenoxy) is 1. The minimum absolute atomic E-state index is 0.491. The first-order chi connectivity index (χ1) is 9.33. The van der Waals surface area contributed by atoms with Crippen LogP contribution in [0.25, 0.3) is 0 Å². The summed E-state index contributed by atoms with van der Waals surface area (Å²) >= 11 is 5.99. The van der Waals surface area contributed by atoms with Crippen molar-refractivity contribution in [2.24, 2.45) is 4.99 Å². The van der Waals surface area contributed by atoms with E-state index < -0.39 is 0 Å². The van der Waals surface area contributed by atoms with Crippen molar-refractivity contribution in [1.29, 1.82) is 0 Å². The van der Waals surface area contributed by atoms with Crippen LogP contribution in [-0.2, 0) is 6.61 Å². The molecule has 0 atom stereocenters. The Hall–Kier alpha value is -2.00. The predicted octanol–water partition coefficient (Wildman–Crippen LogP) is 3.72. The molecule has 0 aliphatic carbocycles. The second kappa shape index (κ2) is 5.33. The SMILES string of the molecule is Clc1ccc2c(c1)NC/N=C\c1ccccc1CO2. The largest absolute Gasteiger partial charge is 0.487 e. The zero-order valence-corrected chi connectivity index (χ0v) is 11.0. The molecule has 0 amide bonds. The normalized spacial score (nSPS) is 15.4. The number of nitrogens with zero attached hydrogens (tertiary/aromatic N) is 1. The quantitative estimate of drug-likeness (QED) is 0.793. The minimum Gasteiger partial charge on any atom is -0.487 e. The summed E-state index contributed by atoms with van der Waals surface area (Å²) in [5, 5.41) is 3.87. The highest BCUT2D eigenvalue weighted by molar-refractivity contribution is 6.30. The summed E-state index contributed by atoms with van der Waals surface area (Å²) in [5.41, 5.74) is 3.07. The van der Waals surface area contributed by atoms with Gasteiger partial charge in [-0.3, -0.25) is 4.99 Å². The van der Waals surface area contributed by atoms with Crippen LogP contribution in [0.5, 0.6) is 5.75 Å². The van der Waals surface area contributed by atoms with Gasteiger partial charge in [-0.25, -0.2) is 0 Å². The number of aliphatic imine (C=N–C) groups is 1. The molecule has 1 aliphatic rings. The molecule has 0 aromatic heterocycles. The number of hydrogen-bond donors (Lipinski definition) is 1. The second-order valence-corrected chi connectivity index (χ2v) is 4.71. The lowest BCUT2D eigenvalue weighted by molar-refractivity contribution is 0.307. The van der Waals surface area contributed by atoms with Gasteiger partial charge in [0.15, 0.2) is 0 Å². The Balaban J connectivity index is 1.97. The Labute approximate surface area is 116 Å². The predicted molar refractivity (Wildman–Crippen MR) is 78.3 cm³/mol. The molecule has 1 aliphatic heterocycles. The van der Waals surface area contributed by atoms with E-state index >= 15 is 0 Å². The number of benzene rings is 2. The van der Waals surface area contributed by atoms with E-state index in [0.29, 0.717) is 18.3 Å². The molecular weight excluding hydrogens is 260 g/mol. The molecule has 2 aromatic rings. The van der Waals surface area contributed by atoms with E-state index in [1.807, 2.05) is 48.7 Å². The zero-order valence-electron chi connectivity index (χ0n) is 10.3. The Morgan fingerprint density at radius 1 is 1.16 bits per heavy atom. The van der Waals surface area contributed by atoms with E-state index in [1.54, 1.807) is 0 Å². The topological polar surface area (TPSA) is 33.6 Å². The molecule has 1 N–H and O–H groups in total. The fourth-order valence-corrected chi connectivity index (χ4v) is 2.16. The van der Waals surface area contributed by atoms with Crippen molar-refractivity contribution in [2.75, 3.05) is 12.0 Å². The summed E-state index contributed by atoms with van der Waals surface area (Å²) in [6.07, 6.45) is 1.86. The van der Waals surface area contributed by atoms with E-state index in [4.69, 9.17) is 16.3 Å². The van der Waals surface area contributed by atoms with Crippen LogP contribution >= 0.6 is 11.6 Å². The lowest BCUT2D eigenvalue weighted by Crippen LogP contribution is -2.07. The van der Waals surface area contributed by atoms with Gasteiger partial charge in [0.1, 0.15) is 19.0 Å². The number of hydrogen-bond acceptors (Lipinski definition) is 3. The van der Waals surface area contributed by atoms with Crippen LogP contribution in [0.1, 0.15) is 11.1 Å². The van der Waals surface area contributed by atoms with E-state index in [9.17, 15) is 0 Å². The summed E-state index contributed by atoms with van der Waals surface area (Å²) in [4.78, 5) is 4.37. The van der Waals surface area contributed by atoms with Gasteiger partial charge in [0.25, 0.3) is 0 Å². The third-order valence-corrected chi connectivity index (χ3v) is 3.21. The highest BCUT2D eigenvalue weighted by atomic mass is 35.5. The van der Waals surface area contributed by atoms with Crippen molar-refractivity contribution in [1.82, 2.24) is 0 Å². The van der Waals surface area contributed by atoms with Gasteiger partial charge >= 0.3 is 0 Å². The molecule has 3 nitrogen and oxygen atoms in total. The van der Waals surface area contributed by atoms with E-state index in [2.05, 4.69) is 10.3 Å². The van der Waals surface area contributed by atoms with Crippen LogP contribution in [-0.4, -0.2) is 12.9 Å². The number of fused-ring (bicyclic) bond motifs is 2. The average molecular weight is 273 g/mol. The minimum atomic E-state index is 0.491. The van der Waals surface area contributed by atoms with Gasteiger partial charge in [-0.15, -0.1) is 0 Å². The van der Waals surface area contributed by atoms with Gasteiger partial charge < -0.3 is 10.1 Å². The monoisotopic (exact) mass is 272 g/mol. The number of halogens is 1.